The monoisotopic (exact) mass is 377 g/mol. The van der Waals surface area contributed by atoms with Gasteiger partial charge in [0.25, 0.3) is 0 Å². The topological polar surface area (TPSA) is 27.3 Å². The van der Waals surface area contributed by atoms with E-state index in [9.17, 15) is 0 Å². The highest BCUT2D eigenvalue weighted by molar-refractivity contribution is 6.23. The van der Waals surface area contributed by atoms with Gasteiger partial charge in [-0.1, -0.05) is 48.5 Å². The van der Waals surface area contributed by atoms with E-state index in [2.05, 4.69) is 66.2 Å². The molecule has 2 aromatic heterocycles. The van der Waals surface area contributed by atoms with Gasteiger partial charge in [-0.15, -0.1) is 0 Å². The predicted molar refractivity (Wildman–Crippen MR) is 120 cm³/mol. The van der Waals surface area contributed by atoms with Gasteiger partial charge in [0.05, 0.1) is 12.6 Å². The lowest BCUT2D eigenvalue weighted by Gasteiger charge is -2.08. The lowest BCUT2D eigenvalue weighted by Crippen LogP contribution is -1.91. The maximum Gasteiger partial charge on any atom is 0.145 e. The Hall–Kier alpha value is -3.72. The second-order valence-corrected chi connectivity index (χ2v) is 7.43. The highest BCUT2D eigenvalue weighted by Gasteiger charge is 2.21. The molecule has 0 amide bonds. The Labute approximate surface area is 167 Å². The summed E-state index contributed by atoms with van der Waals surface area (Å²) in [6.45, 7) is 0. The summed E-state index contributed by atoms with van der Waals surface area (Å²) < 4.78 is 14.2. The van der Waals surface area contributed by atoms with Gasteiger partial charge in [-0.2, -0.15) is 0 Å². The molecule has 29 heavy (non-hydrogen) atoms. The van der Waals surface area contributed by atoms with E-state index in [4.69, 9.17) is 9.15 Å². The quantitative estimate of drug-likeness (QED) is 0.328. The number of furan rings is 1. The summed E-state index contributed by atoms with van der Waals surface area (Å²) >= 11 is 0. The van der Waals surface area contributed by atoms with Gasteiger partial charge in [0.1, 0.15) is 16.9 Å². The Bertz CT molecular complexity index is 1540. The molecule has 0 bridgehead atoms. The first-order valence-electron chi connectivity index (χ1n) is 9.72. The van der Waals surface area contributed by atoms with Gasteiger partial charge in [0.15, 0.2) is 0 Å². The van der Waals surface area contributed by atoms with E-state index in [0.717, 1.165) is 38.8 Å². The fourth-order valence-corrected chi connectivity index (χ4v) is 4.55. The molecule has 0 unspecified atom stereocenters. The normalized spacial score (nSPS) is 11.8. The second kappa shape index (κ2) is 5.89. The van der Waals surface area contributed by atoms with Crippen LogP contribution in [0.2, 0.25) is 0 Å². The maximum absolute atomic E-state index is 6.40. The lowest BCUT2D eigenvalue weighted by molar-refractivity contribution is 0.415. The van der Waals surface area contributed by atoms with E-state index in [1.54, 1.807) is 7.11 Å². The molecule has 6 aromatic rings. The number of benzene rings is 4. The van der Waals surface area contributed by atoms with Crippen LogP contribution < -0.4 is 4.74 Å². The van der Waals surface area contributed by atoms with Crippen LogP contribution in [-0.4, -0.2) is 11.7 Å². The van der Waals surface area contributed by atoms with Crippen LogP contribution in [-0.2, 0) is 7.05 Å². The molecule has 0 radical (unpaired) electrons. The lowest BCUT2D eigenvalue weighted by atomic mass is 9.98. The molecule has 140 valence electrons. The van der Waals surface area contributed by atoms with Crippen LogP contribution in [0.4, 0.5) is 0 Å². The van der Waals surface area contributed by atoms with Gasteiger partial charge >= 0.3 is 0 Å². The van der Waals surface area contributed by atoms with Gasteiger partial charge in [-0.05, 0) is 35.9 Å². The van der Waals surface area contributed by atoms with E-state index >= 15 is 0 Å². The number of nitrogens with zero attached hydrogens (tertiary/aromatic N) is 1. The molecule has 0 saturated heterocycles. The Kier molecular flexibility index (Phi) is 3.30. The van der Waals surface area contributed by atoms with Crippen molar-refractivity contribution >= 4 is 43.7 Å². The zero-order valence-corrected chi connectivity index (χ0v) is 16.3. The zero-order chi connectivity index (χ0) is 19.5. The molecule has 0 aliphatic heterocycles. The number of rotatable bonds is 2. The summed E-state index contributed by atoms with van der Waals surface area (Å²) in [4.78, 5) is 0. The third-order valence-electron chi connectivity index (χ3n) is 5.89. The Morgan fingerprint density at radius 2 is 1.55 bits per heavy atom. The van der Waals surface area contributed by atoms with Crippen LogP contribution in [0.3, 0.4) is 0 Å². The number of hydrogen-bond acceptors (Lipinski definition) is 2. The van der Waals surface area contributed by atoms with Crippen molar-refractivity contribution in [2.45, 2.75) is 0 Å². The first-order chi connectivity index (χ1) is 14.3. The van der Waals surface area contributed by atoms with Crippen molar-refractivity contribution < 1.29 is 9.15 Å². The van der Waals surface area contributed by atoms with Crippen molar-refractivity contribution in [1.82, 2.24) is 4.57 Å². The smallest absolute Gasteiger partial charge is 0.145 e. The molecular weight excluding hydrogens is 358 g/mol. The maximum atomic E-state index is 6.40. The SMILES string of the molecule is COc1ccc2c(c1)c1cc3c(oc4ccccc43)c(-c3ccccc3)c1n2C. The Morgan fingerprint density at radius 1 is 0.759 bits per heavy atom. The van der Waals surface area contributed by atoms with E-state index < -0.39 is 0 Å². The van der Waals surface area contributed by atoms with Gasteiger partial charge in [0.2, 0.25) is 0 Å². The standard InChI is InChI=1S/C26H19NO2/c1-27-22-13-12-17(28-2)14-19(22)20-15-21-18-10-6-7-11-23(18)29-26(21)24(25(20)27)16-8-4-3-5-9-16/h3-15H,1-2H3. The molecule has 2 heterocycles. The van der Waals surface area contributed by atoms with Gasteiger partial charge in [-0.25, -0.2) is 0 Å². The molecular formula is C26H19NO2. The van der Waals surface area contributed by atoms with Crippen molar-refractivity contribution in [1.29, 1.82) is 0 Å². The van der Waals surface area contributed by atoms with Crippen LogP contribution in [0.15, 0.2) is 83.3 Å². The molecule has 0 aliphatic carbocycles. The summed E-state index contributed by atoms with van der Waals surface area (Å²) in [6.07, 6.45) is 0. The van der Waals surface area contributed by atoms with Gasteiger partial charge in [-0.3, -0.25) is 0 Å². The molecule has 0 saturated carbocycles. The minimum absolute atomic E-state index is 0.864. The molecule has 3 nitrogen and oxygen atoms in total. The number of fused-ring (bicyclic) bond motifs is 6. The molecule has 0 aliphatic rings. The van der Waals surface area contributed by atoms with Crippen LogP contribution in [0, 0.1) is 0 Å². The molecule has 6 rings (SSSR count). The van der Waals surface area contributed by atoms with E-state index in [1.165, 1.54) is 21.8 Å². The highest BCUT2D eigenvalue weighted by Crippen LogP contribution is 2.44. The third-order valence-corrected chi connectivity index (χ3v) is 5.89. The first kappa shape index (κ1) is 16.3. The molecule has 0 N–H and O–H groups in total. The second-order valence-electron chi connectivity index (χ2n) is 7.43. The van der Waals surface area contributed by atoms with Crippen LogP contribution >= 0.6 is 0 Å². The first-order valence-corrected chi connectivity index (χ1v) is 9.72. The van der Waals surface area contributed by atoms with Crippen LogP contribution in [0.1, 0.15) is 0 Å². The average Bonchev–Trinajstić information content (AvgIpc) is 3.28. The average molecular weight is 377 g/mol. The van der Waals surface area contributed by atoms with Crippen LogP contribution in [0.25, 0.3) is 54.9 Å². The summed E-state index contributed by atoms with van der Waals surface area (Å²) in [5.41, 5.74) is 6.48. The fraction of sp³-hybridized carbons (Fsp3) is 0.0769. The molecule has 4 aromatic carbocycles. The minimum atomic E-state index is 0.864. The number of aryl methyl sites for hydroxylation is 1. The van der Waals surface area contributed by atoms with Gasteiger partial charge in [0, 0.05) is 39.7 Å². The minimum Gasteiger partial charge on any atom is -0.497 e. The van der Waals surface area contributed by atoms with Crippen LogP contribution in [0.5, 0.6) is 5.75 Å². The predicted octanol–water partition coefficient (Wildman–Crippen LogP) is 6.91. The summed E-state index contributed by atoms with van der Waals surface area (Å²) in [7, 11) is 3.83. The molecule has 0 atom stereocenters. The zero-order valence-electron chi connectivity index (χ0n) is 16.3. The number of ether oxygens (including phenoxy) is 1. The van der Waals surface area contributed by atoms with Crippen molar-refractivity contribution in [3.8, 4) is 16.9 Å². The molecule has 3 heteroatoms. The highest BCUT2D eigenvalue weighted by atomic mass is 16.5. The van der Waals surface area contributed by atoms with Crippen molar-refractivity contribution in [3.63, 3.8) is 0 Å². The number of aromatic nitrogens is 1. The van der Waals surface area contributed by atoms with Crippen molar-refractivity contribution in [3.05, 3.63) is 78.9 Å². The summed E-state index contributed by atoms with van der Waals surface area (Å²) in [6, 6.07) is 27.3. The van der Waals surface area contributed by atoms with Crippen molar-refractivity contribution in [2.24, 2.45) is 7.05 Å². The third kappa shape index (κ3) is 2.18. The summed E-state index contributed by atoms with van der Waals surface area (Å²) in [5, 5.41) is 4.68. The Morgan fingerprint density at radius 3 is 2.38 bits per heavy atom. The Balaban J connectivity index is 1.91. The number of methoxy groups -OCH3 is 1. The largest absolute Gasteiger partial charge is 0.497 e. The van der Waals surface area contributed by atoms with Gasteiger partial charge < -0.3 is 13.7 Å². The molecule has 0 spiro atoms. The summed E-state index contributed by atoms with van der Waals surface area (Å²) in [5.74, 6) is 0.864. The van der Waals surface area contributed by atoms with E-state index in [0.29, 0.717) is 0 Å². The molecule has 0 fully saturated rings. The van der Waals surface area contributed by atoms with E-state index in [-0.39, 0.29) is 0 Å². The number of para-hydroxylation sites is 1. The van der Waals surface area contributed by atoms with Crippen molar-refractivity contribution in [2.75, 3.05) is 7.11 Å². The van der Waals surface area contributed by atoms with E-state index in [1.807, 2.05) is 24.3 Å². The number of hydrogen-bond donors (Lipinski definition) is 0. The fourth-order valence-electron chi connectivity index (χ4n) is 4.55.